The largest absolute Gasteiger partial charge is 0.399 e. The van der Waals surface area contributed by atoms with Gasteiger partial charge in [-0.1, -0.05) is 0 Å². The van der Waals surface area contributed by atoms with Gasteiger partial charge >= 0.3 is 0 Å². The monoisotopic (exact) mass is 241 g/mol. The number of nitrogens with zero attached hydrogens (tertiary/aromatic N) is 3. The van der Waals surface area contributed by atoms with Gasteiger partial charge in [-0.15, -0.1) is 0 Å². The summed E-state index contributed by atoms with van der Waals surface area (Å²) in [4.78, 5) is 3.98. The van der Waals surface area contributed by atoms with Crippen LogP contribution in [0.2, 0.25) is 0 Å². The maximum atomic E-state index is 8.99. The molecule has 0 amide bonds. The minimum absolute atomic E-state index is 0.581. The number of nitrogen functional groups attached to an aromatic ring is 1. The van der Waals surface area contributed by atoms with Gasteiger partial charge in [0.15, 0.2) is 0 Å². The van der Waals surface area contributed by atoms with E-state index in [0.717, 1.165) is 25.2 Å². The molecule has 0 aliphatic rings. The van der Waals surface area contributed by atoms with Crippen LogP contribution in [0.5, 0.6) is 0 Å². The molecule has 92 valence electrons. The number of hydrogen-bond donors (Lipinski definition) is 2. The zero-order valence-electron chi connectivity index (χ0n) is 10.0. The molecule has 0 spiro atoms. The lowest BCUT2D eigenvalue weighted by molar-refractivity contribution is 0.661. The highest BCUT2D eigenvalue weighted by Crippen LogP contribution is 2.17. The summed E-state index contributed by atoms with van der Waals surface area (Å²) in [6.45, 7) is 1.71. The van der Waals surface area contributed by atoms with Crippen molar-refractivity contribution >= 4 is 11.4 Å². The van der Waals surface area contributed by atoms with Crippen LogP contribution in [0.15, 0.2) is 36.9 Å². The van der Waals surface area contributed by atoms with Crippen molar-refractivity contribution < 1.29 is 0 Å². The maximum absolute atomic E-state index is 8.99. The fraction of sp³-hybridized carbons (Fsp3) is 0.231. The Labute approximate surface area is 106 Å². The number of benzene rings is 1. The van der Waals surface area contributed by atoms with Crippen molar-refractivity contribution in [2.75, 3.05) is 17.6 Å². The molecule has 5 heteroatoms. The molecular weight excluding hydrogens is 226 g/mol. The minimum Gasteiger partial charge on any atom is -0.399 e. The second-order valence-corrected chi connectivity index (χ2v) is 4.00. The second-order valence-electron chi connectivity index (χ2n) is 4.00. The zero-order valence-corrected chi connectivity index (χ0v) is 10.0. The first-order chi connectivity index (χ1) is 8.79. The van der Waals surface area contributed by atoms with Crippen molar-refractivity contribution in [2.45, 2.75) is 13.0 Å². The Balaban J connectivity index is 1.85. The number of hydrogen-bond acceptors (Lipinski definition) is 4. The van der Waals surface area contributed by atoms with E-state index < -0.39 is 0 Å². The third-order valence-corrected chi connectivity index (χ3v) is 2.63. The van der Waals surface area contributed by atoms with E-state index in [1.54, 1.807) is 24.7 Å². The molecule has 3 N–H and O–H groups in total. The third kappa shape index (κ3) is 3.01. The average Bonchev–Trinajstić information content (AvgIpc) is 2.89. The fourth-order valence-corrected chi connectivity index (χ4v) is 1.71. The van der Waals surface area contributed by atoms with E-state index in [4.69, 9.17) is 11.0 Å². The summed E-state index contributed by atoms with van der Waals surface area (Å²) in [6, 6.07) is 7.44. The van der Waals surface area contributed by atoms with Gasteiger partial charge < -0.3 is 15.6 Å². The molecule has 5 nitrogen and oxygen atoms in total. The molecule has 0 saturated heterocycles. The van der Waals surface area contributed by atoms with Gasteiger partial charge in [0.25, 0.3) is 0 Å². The Morgan fingerprint density at radius 3 is 3.06 bits per heavy atom. The smallest absolute Gasteiger partial charge is 0.101 e. The van der Waals surface area contributed by atoms with Crippen molar-refractivity contribution in [2.24, 2.45) is 0 Å². The first kappa shape index (κ1) is 12.0. The Bertz CT molecular complexity index is 539. The number of aromatic nitrogens is 2. The molecule has 1 aromatic carbocycles. The van der Waals surface area contributed by atoms with E-state index in [1.807, 2.05) is 16.8 Å². The number of rotatable bonds is 5. The van der Waals surface area contributed by atoms with Crippen molar-refractivity contribution in [3.63, 3.8) is 0 Å². The Hall–Kier alpha value is -2.48. The normalized spacial score (nSPS) is 9.94. The molecular formula is C13H15N5. The van der Waals surface area contributed by atoms with Gasteiger partial charge in [0.05, 0.1) is 17.6 Å². The van der Waals surface area contributed by atoms with E-state index in [1.165, 1.54) is 0 Å². The van der Waals surface area contributed by atoms with Crippen LogP contribution in [-0.2, 0) is 6.54 Å². The Morgan fingerprint density at radius 2 is 2.33 bits per heavy atom. The van der Waals surface area contributed by atoms with Crippen LogP contribution < -0.4 is 11.1 Å². The van der Waals surface area contributed by atoms with Crippen LogP contribution in [-0.4, -0.2) is 16.1 Å². The predicted octanol–water partition coefficient (Wildman–Crippen LogP) is 1.84. The van der Waals surface area contributed by atoms with Crippen LogP contribution in [0.4, 0.5) is 11.4 Å². The molecule has 2 aromatic rings. The van der Waals surface area contributed by atoms with Crippen LogP contribution in [0.3, 0.4) is 0 Å². The van der Waals surface area contributed by atoms with Crippen molar-refractivity contribution in [3.05, 3.63) is 42.5 Å². The second kappa shape index (κ2) is 5.73. The van der Waals surface area contributed by atoms with E-state index in [9.17, 15) is 0 Å². The quantitative estimate of drug-likeness (QED) is 0.618. The first-order valence-corrected chi connectivity index (χ1v) is 5.79. The van der Waals surface area contributed by atoms with Gasteiger partial charge in [0.2, 0.25) is 0 Å². The van der Waals surface area contributed by atoms with Gasteiger partial charge in [-0.2, -0.15) is 5.26 Å². The molecule has 0 unspecified atom stereocenters. The first-order valence-electron chi connectivity index (χ1n) is 5.79. The van der Waals surface area contributed by atoms with Crippen LogP contribution in [0.1, 0.15) is 12.0 Å². The molecule has 1 heterocycles. The number of nitrogens with two attached hydrogens (primary N) is 1. The molecule has 2 rings (SSSR count). The summed E-state index contributed by atoms with van der Waals surface area (Å²) in [5, 5.41) is 12.2. The van der Waals surface area contributed by atoms with E-state index in [0.29, 0.717) is 11.3 Å². The van der Waals surface area contributed by atoms with E-state index in [2.05, 4.69) is 16.4 Å². The summed E-state index contributed by atoms with van der Waals surface area (Å²) < 4.78 is 2.02. The number of aryl methyl sites for hydroxylation is 1. The summed E-state index contributed by atoms with van der Waals surface area (Å²) >= 11 is 0. The van der Waals surface area contributed by atoms with Gasteiger partial charge in [-0.25, -0.2) is 4.98 Å². The van der Waals surface area contributed by atoms with Crippen LogP contribution in [0.25, 0.3) is 0 Å². The summed E-state index contributed by atoms with van der Waals surface area (Å²) in [6.07, 6.45) is 6.46. The van der Waals surface area contributed by atoms with Gasteiger partial charge in [-0.05, 0) is 24.6 Å². The van der Waals surface area contributed by atoms with Gasteiger partial charge in [0, 0.05) is 31.2 Å². The fourth-order valence-electron chi connectivity index (χ4n) is 1.71. The molecule has 0 aliphatic carbocycles. The maximum Gasteiger partial charge on any atom is 0.101 e. The molecule has 0 fully saturated rings. The minimum atomic E-state index is 0.581. The standard InChI is InChI=1S/C13H15N5/c14-9-11-8-12(15)2-3-13(11)17-4-1-6-18-7-5-16-10-18/h2-3,5,7-8,10,17H,1,4,6,15H2. The van der Waals surface area contributed by atoms with Crippen molar-refractivity contribution in [3.8, 4) is 6.07 Å². The Kier molecular flexibility index (Phi) is 3.82. The topological polar surface area (TPSA) is 79.7 Å². The van der Waals surface area contributed by atoms with Gasteiger partial charge in [-0.3, -0.25) is 0 Å². The lowest BCUT2D eigenvalue weighted by Crippen LogP contribution is -2.07. The van der Waals surface area contributed by atoms with Gasteiger partial charge in [0.1, 0.15) is 6.07 Å². The molecule has 1 aromatic heterocycles. The summed E-state index contributed by atoms with van der Waals surface area (Å²) in [5.41, 5.74) is 7.65. The Morgan fingerprint density at radius 1 is 1.44 bits per heavy atom. The molecule has 0 saturated carbocycles. The lowest BCUT2D eigenvalue weighted by Gasteiger charge is -2.09. The van der Waals surface area contributed by atoms with E-state index >= 15 is 0 Å². The summed E-state index contributed by atoms with van der Waals surface area (Å²) in [5.74, 6) is 0. The van der Waals surface area contributed by atoms with Crippen LogP contribution >= 0.6 is 0 Å². The number of nitrogens with one attached hydrogen (secondary N) is 1. The van der Waals surface area contributed by atoms with Crippen molar-refractivity contribution in [1.29, 1.82) is 5.26 Å². The number of anilines is 2. The van der Waals surface area contributed by atoms with E-state index in [-0.39, 0.29) is 0 Å². The molecule has 0 radical (unpaired) electrons. The zero-order chi connectivity index (χ0) is 12.8. The molecule has 0 bridgehead atoms. The predicted molar refractivity (Wildman–Crippen MR) is 70.9 cm³/mol. The highest BCUT2D eigenvalue weighted by Gasteiger charge is 2.01. The molecule has 18 heavy (non-hydrogen) atoms. The van der Waals surface area contributed by atoms with Crippen molar-refractivity contribution in [1.82, 2.24) is 9.55 Å². The average molecular weight is 241 g/mol. The molecule has 0 aliphatic heterocycles. The summed E-state index contributed by atoms with van der Waals surface area (Å²) in [7, 11) is 0. The number of nitriles is 1. The highest BCUT2D eigenvalue weighted by atomic mass is 15.0. The third-order valence-electron chi connectivity index (χ3n) is 2.63. The molecule has 0 atom stereocenters. The SMILES string of the molecule is N#Cc1cc(N)ccc1NCCCn1ccnc1. The lowest BCUT2D eigenvalue weighted by atomic mass is 10.1. The highest BCUT2D eigenvalue weighted by molar-refractivity contribution is 5.62. The van der Waals surface area contributed by atoms with Crippen LogP contribution in [0, 0.1) is 11.3 Å². The number of imidazole rings is 1.